The van der Waals surface area contributed by atoms with Crippen LogP contribution in [0.1, 0.15) is 34.5 Å². The maximum atomic E-state index is 13.3. The van der Waals surface area contributed by atoms with Crippen LogP contribution in [0.5, 0.6) is 0 Å². The Morgan fingerprint density at radius 3 is 2.41 bits per heavy atom. The summed E-state index contributed by atoms with van der Waals surface area (Å²) in [5.41, 5.74) is -0.325. The SMILES string of the molecule is CNc1ncc(C(=O)NCCCOCCC(=O)NCc2ccc(Nc3ccc(F)cc3C(F)(F)F)cn2)cn1. The molecule has 3 aromatic rings. The summed E-state index contributed by atoms with van der Waals surface area (Å²) in [5.74, 6) is -1.14. The van der Waals surface area contributed by atoms with Gasteiger partial charge >= 0.3 is 6.18 Å². The molecule has 0 spiro atoms. The predicted octanol–water partition coefficient (Wildman–Crippen LogP) is 3.66. The zero-order chi connectivity index (χ0) is 28.3. The zero-order valence-electron chi connectivity index (χ0n) is 20.9. The molecule has 2 aromatic heterocycles. The van der Waals surface area contributed by atoms with Crippen molar-refractivity contribution in [3.8, 4) is 0 Å². The predicted molar refractivity (Wildman–Crippen MR) is 135 cm³/mol. The molecule has 0 aliphatic rings. The first-order chi connectivity index (χ1) is 18.7. The number of nitrogens with zero attached hydrogens (tertiary/aromatic N) is 3. The van der Waals surface area contributed by atoms with E-state index in [1.807, 2.05) is 0 Å². The Bertz CT molecular complexity index is 1240. The van der Waals surface area contributed by atoms with E-state index in [2.05, 4.69) is 36.2 Å². The fourth-order valence-electron chi connectivity index (χ4n) is 3.22. The fourth-order valence-corrected chi connectivity index (χ4v) is 3.22. The maximum absolute atomic E-state index is 13.3. The van der Waals surface area contributed by atoms with Crippen molar-refractivity contribution in [2.45, 2.75) is 25.6 Å². The second-order valence-corrected chi connectivity index (χ2v) is 8.14. The normalized spacial score (nSPS) is 11.1. The first kappa shape index (κ1) is 29.2. The van der Waals surface area contributed by atoms with Gasteiger partial charge in [-0.05, 0) is 36.8 Å². The van der Waals surface area contributed by atoms with Gasteiger partial charge in [0.2, 0.25) is 11.9 Å². The van der Waals surface area contributed by atoms with Crippen molar-refractivity contribution in [1.82, 2.24) is 25.6 Å². The zero-order valence-corrected chi connectivity index (χ0v) is 20.9. The van der Waals surface area contributed by atoms with Crippen molar-refractivity contribution in [3.05, 3.63) is 71.6 Å². The minimum absolute atomic E-state index is 0.117. The minimum Gasteiger partial charge on any atom is -0.381 e. The van der Waals surface area contributed by atoms with Crippen LogP contribution in [-0.2, 0) is 22.3 Å². The molecule has 1 aromatic carbocycles. The van der Waals surface area contributed by atoms with Gasteiger partial charge in [-0.1, -0.05) is 0 Å². The summed E-state index contributed by atoms with van der Waals surface area (Å²) >= 11 is 0. The van der Waals surface area contributed by atoms with E-state index in [4.69, 9.17) is 4.74 Å². The molecule has 0 bridgehead atoms. The van der Waals surface area contributed by atoms with Crippen molar-refractivity contribution in [2.24, 2.45) is 0 Å². The smallest absolute Gasteiger partial charge is 0.381 e. The molecular weight excluding hydrogens is 522 g/mol. The molecule has 2 amide bonds. The number of amides is 2. The Labute approximate surface area is 221 Å². The number of nitrogens with one attached hydrogen (secondary N) is 4. The summed E-state index contributed by atoms with van der Waals surface area (Å²) in [7, 11) is 1.68. The van der Waals surface area contributed by atoms with Gasteiger partial charge in [0.25, 0.3) is 5.91 Å². The summed E-state index contributed by atoms with van der Waals surface area (Å²) in [6, 6.07) is 5.40. The van der Waals surface area contributed by atoms with Gasteiger partial charge in [-0.3, -0.25) is 14.6 Å². The van der Waals surface area contributed by atoms with Crippen molar-refractivity contribution in [2.75, 3.05) is 37.4 Å². The molecule has 0 fully saturated rings. The second kappa shape index (κ2) is 14.0. The maximum Gasteiger partial charge on any atom is 0.418 e. The molecule has 0 radical (unpaired) electrons. The number of benzene rings is 1. The van der Waals surface area contributed by atoms with Crippen LogP contribution in [0.4, 0.5) is 34.9 Å². The highest BCUT2D eigenvalue weighted by atomic mass is 19.4. The van der Waals surface area contributed by atoms with Gasteiger partial charge < -0.3 is 26.0 Å². The molecule has 4 N–H and O–H groups in total. The van der Waals surface area contributed by atoms with Crippen molar-refractivity contribution in [1.29, 1.82) is 0 Å². The standard InChI is InChI=1S/C25H27F4N7O3/c1-30-24-34-12-16(13-35-24)23(38)31-8-2-9-39-10-7-22(37)33-14-18-4-5-19(15-32-18)36-21-6-3-17(26)11-20(21)25(27,28)29/h3-6,11-13,15,36H,2,7-10,14H2,1H3,(H,31,38)(H,33,37)(H,30,34,35). The molecule has 0 atom stereocenters. The number of hydrogen-bond acceptors (Lipinski definition) is 8. The molecule has 3 rings (SSSR count). The number of alkyl halides is 3. The lowest BCUT2D eigenvalue weighted by atomic mass is 10.1. The van der Waals surface area contributed by atoms with Gasteiger partial charge in [-0.25, -0.2) is 14.4 Å². The summed E-state index contributed by atoms with van der Waals surface area (Å²) < 4.78 is 58.1. The van der Waals surface area contributed by atoms with Gasteiger partial charge in [0.15, 0.2) is 0 Å². The van der Waals surface area contributed by atoms with Crippen LogP contribution in [-0.4, -0.2) is 53.6 Å². The van der Waals surface area contributed by atoms with E-state index < -0.39 is 17.6 Å². The molecule has 14 heteroatoms. The van der Waals surface area contributed by atoms with E-state index in [0.29, 0.717) is 42.8 Å². The summed E-state index contributed by atoms with van der Waals surface area (Å²) in [4.78, 5) is 36.1. The van der Waals surface area contributed by atoms with Crippen LogP contribution in [0.3, 0.4) is 0 Å². The Morgan fingerprint density at radius 2 is 1.74 bits per heavy atom. The Hall–Kier alpha value is -4.33. The number of rotatable bonds is 13. The lowest BCUT2D eigenvalue weighted by Crippen LogP contribution is -2.26. The van der Waals surface area contributed by atoms with Crippen LogP contribution < -0.4 is 21.3 Å². The van der Waals surface area contributed by atoms with Crippen LogP contribution in [0.2, 0.25) is 0 Å². The number of aromatic nitrogens is 3. The average Bonchev–Trinajstić information content (AvgIpc) is 2.92. The number of pyridine rings is 1. The van der Waals surface area contributed by atoms with Crippen molar-refractivity contribution in [3.63, 3.8) is 0 Å². The summed E-state index contributed by atoms with van der Waals surface area (Å²) in [6.45, 7) is 1.04. The van der Waals surface area contributed by atoms with Gasteiger partial charge in [-0.2, -0.15) is 13.2 Å². The van der Waals surface area contributed by atoms with E-state index in [1.165, 1.54) is 24.7 Å². The van der Waals surface area contributed by atoms with E-state index in [-0.39, 0.29) is 42.8 Å². The molecular formula is C25H27F4N7O3. The number of anilines is 3. The largest absolute Gasteiger partial charge is 0.418 e. The molecule has 10 nitrogen and oxygen atoms in total. The Kier molecular flexibility index (Phi) is 10.5. The first-order valence-corrected chi connectivity index (χ1v) is 11.9. The summed E-state index contributed by atoms with van der Waals surface area (Å²) in [6.07, 6.45) is 0.103. The highest BCUT2D eigenvalue weighted by molar-refractivity contribution is 5.93. The number of ether oxygens (including phenoxy) is 1. The lowest BCUT2D eigenvalue weighted by molar-refractivity contribution is -0.137. The third-order valence-corrected chi connectivity index (χ3v) is 5.22. The van der Waals surface area contributed by atoms with Crippen molar-refractivity contribution < 1.29 is 31.9 Å². The third kappa shape index (κ3) is 9.48. The molecule has 0 unspecified atom stereocenters. The fraction of sp³-hybridized carbons (Fsp3) is 0.320. The number of carbonyl (C=O) groups excluding carboxylic acids is 2. The quantitative estimate of drug-likeness (QED) is 0.188. The van der Waals surface area contributed by atoms with Crippen LogP contribution in [0.15, 0.2) is 48.9 Å². The monoisotopic (exact) mass is 549 g/mol. The Balaban J connectivity index is 1.30. The third-order valence-electron chi connectivity index (χ3n) is 5.22. The lowest BCUT2D eigenvalue weighted by Gasteiger charge is -2.14. The topological polar surface area (TPSA) is 130 Å². The number of halogens is 4. The second-order valence-electron chi connectivity index (χ2n) is 8.14. The molecule has 39 heavy (non-hydrogen) atoms. The van der Waals surface area contributed by atoms with Crippen LogP contribution in [0, 0.1) is 5.82 Å². The molecule has 0 aliphatic heterocycles. The molecule has 0 saturated heterocycles. The molecule has 2 heterocycles. The molecule has 0 saturated carbocycles. The highest BCUT2D eigenvalue weighted by Gasteiger charge is 2.34. The van der Waals surface area contributed by atoms with Crippen LogP contribution in [0.25, 0.3) is 0 Å². The summed E-state index contributed by atoms with van der Waals surface area (Å²) in [5, 5.41) is 10.8. The number of carbonyl (C=O) groups is 2. The van der Waals surface area contributed by atoms with Crippen molar-refractivity contribution >= 4 is 29.1 Å². The average molecular weight is 550 g/mol. The highest BCUT2D eigenvalue weighted by Crippen LogP contribution is 2.36. The first-order valence-electron chi connectivity index (χ1n) is 11.9. The van der Waals surface area contributed by atoms with E-state index in [1.54, 1.807) is 13.1 Å². The minimum atomic E-state index is -4.73. The molecule has 0 aliphatic carbocycles. The van der Waals surface area contributed by atoms with Crippen LogP contribution >= 0.6 is 0 Å². The van der Waals surface area contributed by atoms with E-state index >= 15 is 0 Å². The van der Waals surface area contributed by atoms with Gasteiger partial charge in [0.1, 0.15) is 5.82 Å². The Morgan fingerprint density at radius 1 is 0.974 bits per heavy atom. The van der Waals surface area contributed by atoms with E-state index in [0.717, 1.165) is 12.1 Å². The van der Waals surface area contributed by atoms with Gasteiger partial charge in [0.05, 0.1) is 47.5 Å². The van der Waals surface area contributed by atoms with Gasteiger partial charge in [0, 0.05) is 39.0 Å². The van der Waals surface area contributed by atoms with E-state index in [9.17, 15) is 27.2 Å². The molecule has 208 valence electrons. The number of hydrogen-bond donors (Lipinski definition) is 4. The van der Waals surface area contributed by atoms with Gasteiger partial charge in [-0.15, -0.1) is 0 Å².